The average molecular weight is 538 g/mol. The van der Waals surface area contributed by atoms with Crippen LogP contribution in [0.5, 0.6) is 5.75 Å². The first-order valence-corrected chi connectivity index (χ1v) is 13.8. The van der Waals surface area contributed by atoms with Crippen molar-refractivity contribution in [1.29, 1.82) is 0 Å². The predicted molar refractivity (Wildman–Crippen MR) is 134 cm³/mol. The first kappa shape index (κ1) is 24.4. The number of aromatic nitrogens is 2. The lowest BCUT2D eigenvalue weighted by atomic mass is 10.1. The maximum absolute atomic E-state index is 11.7. The van der Waals surface area contributed by atoms with Gasteiger partial charge in [0.15, 0.2) is 9.84 Å². The predicted octanol–water partition coefficient (Wildman–Crippen LogP) is 3.77. The number of benzene rings is 2. The van der Waals surface area contributed by atoms with Crippen molar-refractivity contribution in [1.82, 2.24) is 9.55 Å². The zero-order valence-corrected chi connectivity index (χ0v) is 21.2. The molecule has 3 aromatic rings. The van der Waals surface area contributed by atoms with Gasteiger partial charge in [0.2, 0.25) is 5.79 Å². The smallest absolute Gasteiger partial charge is 0.215 e. The summed E-state index contributed by atoms with van der Waals surface area (Å²) in [5.74, 6) is -0.0426. The molecule has 0 amide bonds. The van der Waals surface area contributed by atoms with E-state index in [1.807, 2.05) is 41.1 Å². The summed E-state index contributed by atoms with van der Waals surface area (Å²) in [6.45, 7) is 1.99. The van der Waals surface area contributed by atoms with E-state index in [1.165, 1.54) is 0 Å². The summed E-state index contributed by atoms with van der Waals surface area (Å²) in [6, 6.07) is 12.9. The van der Waals surface area contributed by atoms with E-state index in [0.29, 0.717) is 47.6 Å². The van der Waals surface area contributed by atoms with E-state index in [1.54, 1.807) is 24.7 Å². The summed E-state index contributed by atoms with van der Waals surface area (Å²) in [5.41, 5.74) is 1.66. The Kier molecular flexibility index (Phi) is 6.96. The quantitative estimate of drug-likeness (QED) is 0.453. The number of imidazole rings is 1. The summed E-state index contributed by atoms with van der Waals surface area (Å²) >= 11 is 12.6. The number of hydrogen-bond acceptors (Lipinski definition) is 7. The highest BCUT2D eigenvalue weighted by molar-refractivity contribution is 7.91. The number of nitrogens with zero attached hydrogens (tertiary/aromatic N) is 3. The SMILES string of the molecule is O=S1(=O)CCN(c2ccc(OC[C@H]3CO[C@](Cn4ccnc4)(c4ccc(Cl)cc4Cl)O3)cc2)CC1. The zero-order valence-electron chi connectivity index (χ0n) is 18.8. The lowest BCUT2D eigenvalue weighted by Gasteiger charge is -2.30. The summed E-state index contributed by atoms with van der Waals surface area (Å²) in [5, 5.41) is 0.990. The van der Waals surface area contributed by atoms with E-state index >= 15 is 0 Å². The van der Waals surface area contributed by atoms with E-state index in [-0.39, 0.29) is 24.2 Å². The van der Waals surface area contributed by atoms with Crippen LogP contribution < -0.4 is 9.64 Å². The first-order chi connectivity index (χ1) is 16.8. The molecule has 0 unspecified atom stereocenters. The molecule has 2 aromatic carbocycles. The molecule has 0 radical (unpaired) electrons. The lowest BCUT2D eigenvalue weighted by molar-refractivity contribution is -0.189. The van der Waals surface area contributed by atoms with Crippen LogP contribution in [-0.2, 0) is 31.6 Å². The van der Waals surface area contributed by atoms with Crippen LogP contribution in [0.3, 0.4) is 0 Å². The Morgan fingerprint density at radius 1 is 1.11 bits per heavy atom. The van der Waals surface area contributed by atoms with Gasteiger partial charge < -0.3 is 23.7 Å². The molecule has 5 rings (SSSR count). The van der Waals surface area contributed by atoms with Crippen LogP contribution in [0, 0.1) is 0 Å². The van der Waals surface area contributed by atoms with Crippen LogP contribution in [-0.4, -0.2) is 61.9 Å². The second-order valence-corrected chi connectivity index (χ2v) is 11.8. The Morgan fingerprint density at radius 3 is 2.57 bits per heavy atom. The number of halogens is 2. The van der Waals surface area contributed by atoms with E-state index in [2.05, 4.69) is 9.88 Å². The molecule has 2 saturated heterocycles. The molecule has 1 aromatic heterocycles. The molecule has 8 nitrogen and oxygen atoms in total. The number of ether oxygens (including phenoxy) is 3. The van der Waals surface area contributed by atoms with Gasteiger partial charge in [-0.2, -0.15) is 0 Å². The normalized spacial score (nSPS) is 23.9. The minimum absolute atomic E-state index is 0.183. The van der Waals surface area contributed by atoms with Gasteiger partial charge >= 0.3 is 0 Å². The molecule has 0 bridgehead atoms. The van der Waals surface area contributed by atoms with Crippen LogP contribution in [0.1, 0.15) is 5.56 Å². The largest absolute Gasteiger partial charge is 0.491 e. The van der Waals surface area contributed by atoms with Crippen molar-refractivity contribution in [2.45, 2.75) is 18.4 Å². The van der Waals surface area contributed by atoms with Crippen LogP contribution >= 0.6 is 23.2 Å². The Morgan fingerprint density at radius 2 is 1.89 bits per heavy atom. The van der Waals surface area contributed by atoms with E-state index < -0.39 is 15.6 Å². The molecule has 186 valence electrons. The standard InChI is InChI=1S/C24H25Cl2N3O5S/c25-18-1-6-22(23(26)13-18)24(16-28-8-7-27-17-28)33-15-21(34-24)14-32-20-4-2-19(3-5-20)29-9-11-35(30,31)12-10-29/h1-8,13,17,21H,9-12,14-16H2/t21-,24-/m0/s1. The fourth-order valence-corrected chi connectivity index (χ4v) is 6.04. The topological polar surface area (TPSA) is 82.9 Å². The Balaban J connectivity index is 1.24. The molecular weight excluding hydrogens is 513 g/mol. The highest BCUT2D eigenvalue weighted by Gasteiger charge is 2.45. The van der Waals surface area contributed by atoms with Gasteiger partial charge in [0, 0.05) is 41.8 Å². The van der Waals surface area contributed by atoms with Gasteiger partial charge in [0.25, 0.3) is 0 Å². The Bertz CT molecular complexity index is 1260. The van der Waals surface area contributed by atoms with Gasteiger partial charge in [0.05, 0.1) is 36.0 Å². The third kappa shape index (κ3) is 5.59. The molecule has 0 N–H and O–H groups in total. The minimum Gasteiger partial charge on any atom is -0.491 e. The van der Waals surface area contributed by atoms with Crippen molar-refractivity contribution in [3.05, 3.63) is 76.8 Å². The monoisotopic (exact) mass is 537 g/mol. The molecule has 2 atom stereocenters. The second-order valence-electron chi connectivity index (χ2n) is 8.61. The summed E-state index contributed by atoms with van der Waals surface area (Å²) < 4.78 is 43.8. The van der Waals surface area contributed by atoms with Crippen LogP contribution in [0.2, 0.25) is 10.0 Å². The molecule has 0 saturated carbocycles. The highest BCUT2D eigenvalue weighted by atomic mass is 35.5. The van der Waals surface area contributed by atoms with E-state index in [9.17, 15) is 8.42 Å². The lowest BCUT2D eigenvalue weighted by Crippen LogP contribution is -2.40. The van der Waals surface area contributed by atoms with Gasteiger partial charge in [-0.05, 0) is 36.4 Å². The number of anilines is 1. The van der Waals surface area contributed by atoms with Gasteiger partial charge in [-0.1, -0.05) is 29.3 Å². The van der Waals surface area contributed by atoms with Crippen molar-refractivity contribution in [3.63, 3.8) is 0 Å². The van der Waals surface area contributed by atoms with Gasteiger partial charge in [0.1, 0.15) is 18.5 Å². The molecule has 2 aliphatic heterocycles. The number of sulfone groups is 1. The average Bonchev–Trinajstić information content (AvgIpc) is 3.49. The molecule has 0 aliphatic carbocycles. The summed E-state index contributed by atoms with van der Waals surface area (Å²) in [4.78, 5) is 6.18. The van der Waals surface area contributed by atoms with Crippen LogP contribution in [0.25, 0.3) is 0 Å². The fraction of sp³-hybridized carbons (Fsp3) is 0.375. The maximum Gasteiger partial charge on any atom is 0.215 e. The van der Waals surface area contributed by atoms with E-state index in [0.717, 1.165) is 5.69 Å². The van der Waals surface area contributed by atoms with Crippen molar-refractivity contribution < 1.29 is 22.6 Å². The second kappa shape index (κ2) is 9.99. The maximum atomic E-state index is 11.7. The Hall–Kier alpha value is -2.30. The number of rotatable bonds is 7. The van der Waals surface area contributed by atoms with Crippen molar-refractivity contribution in [2.75, 3.05) is 42.7 Å². The first-order valence-electron chi connectivity index (χ1n) is 11.2. The van der Waals surface area contributed by atoms with Crippen molar-refractivity contribution in [2.24, 2.45) is 0 Å². The number of hydrogen-bond donors (Lipinski definition) is 0. The molecule has 0 spiro atoms. The molecule has 35 heavy (non-hydrogen) atoms. The highest BCUT2D eigenvalue weighted by Crippen LogP contribution is 2.40. The molecule has 11 heteroatoms. The fourth-order valence-electron chi connectivity index (χ4n) is 4.29. The van der Waals surface area contributed by atoms with Crippen LogP contribution in [0.4, 0.5) is 5.69 Å². The van der Waals surface area contributed by atoms with Gasteiger partial charge in [-0.3, -0.25) is 0 Å². The van der Waals surface area contributed by atoms with Crippen molar-refractivity contribution in [3.8, 4) is 5.75 Å². The summed E-state index contributed by atoms with van der Waals surface area (Å²) in [7, 11) is -2.91. The minimum atomic E-state index is -2.91. The summed E-state index contributed by atoms with van der Waals surface area (Å²) in [6.07, 6.45) is 4.90. The molecule has 3 heterocycles. The zero-order chi connectivity index (χ0) is 24.5. The molecule has 2 aliphatic rings. The van der Waals surface area contributed by atoms with E-state index in [4.69, 9.17) is 37.4 Å². The Labute approximate surface area is 214 Å². The van der Waals surface area contributed by atoms with Crippen LogP contribution in [0.15, 0.2) is 61.2 Å². The van der Waals surface area contributed by atoms with Gasteiger partial charge in [-0.15, -0.1) is 0 Å². The third-order valence-electron chi connectivity index (χ3n) is 6.13. The van der Waals surface area contributed by atoms with Crippen molar-refractivity contribution >= 4 is 38.7 Å². The van der Waals surface area contributed by atoms with Gasteiger partial charge in [-0.25, -0.2) is 13.4 Å². The molecular formula is C24H25Cl2N3O5S. The third-order valence-corrected chi connectivity index (χ3v) is 8.29. The molecule has 2 fully saturated rings.